The van der Waals surface area contributed by atoms with Crippen LogP contribution in [0.4, 0.5) is 5.69 Å². The van der Waals surface area contributed by atoms with Gasteiger partial charge in [-0.3, -0.25) is 0 Å². The van der Waals surface area contributed by atoms with Gasteiger partial charge in [0.2, 0.25) is 0 Å². The van der Waals surface area contributed by atoms with Crippen molar-refractivity contribution in [1.82, 2.24) is 0 Å². The molecule has 0 amide bonds. The molecule has 0 radical (unpaired) electrons. The van der Waals surface area contributed by atoms with E-state index in [0.717, 1.165) is 12.0 Å². The molecular formula is C12H14BrN. The molecule has 14 heavy (non-hydrogen) atoms. The first-order valence-corrected chi connectivity index (χ1v) is 6.14. The van der Waals surface area contributed by atoms with E-state index in [2.05, 4.69) is 45.1 Å². The van der Waals surface area contributed by atoms with Gasteiger partial charge in [-0.25, -0.2) is 0 Å². The second-order valence-electron chi connectivity index (χ2n) is 4.46. The summed E-state index contributed by atoms with van der Waals surface area (Å²) in [5.74, 6) is 0.976. The predicted molar refractivity (Wildman–Crippen MR) is 62.6 cm³/mol. The Balaban J connectivity index is 1.86. The van der Waals surface area contributed by atoms with Crippen LogP contribution < -0.4 is 4.90 Å². The zero-order valence-electron chi connectivity index (χ0n) is 8.12. The quantitative estimate of drug-likeness (QED) is 0.740. The maximum absolute atomic E-state index is 3.48. The Bertz CT molecular complexity index is 333. The van der Waals surface area contributed by atoms with E-state index in [-0.39, 0.29) is 0 Å². The van der Waals surface area contributed by atoms with E-state index >= 15 is 0 Å². The van der Waals surface area contributed by atoms with Crippen molar-refractivity contribution >= 4 is 21.6 Å². The molecule has 0 N–H and O–H groups in total. The minimum atomic E-state index is 0.834. The zero-order valence-corrected chi connectivity index (χ0v) is 9.70. The summed E-state index contributed by atoms with van der Waals surface area (Å²) < 4.78 is 1.17. The number of benzene rings is 1. The summed E-state index contributed by atoms with van der Waals surface area (Å²) in [7, 11) is 0. The van der Waals surface area contributed by atoms with Crippen molar-refractivity contribution in [3.63, 3.8) is 0 Å². The highest BCUT2D eigenvalue weighted by molar-refractivity contribution is 9.10. The van der Waals surface area contributed by atoms with Gasteiger partial charge in [0.15, 0.2) is 0 Å². The SMILES string of the molecule is Brc1ccc(N2C[C@H]3CC[C@@H]2C3)cc1. The summed E-state index contributed by atoms with van der Waals surface area (Å²) in [6.45, 7) is 1.28. The number of hydrogen-bond acceptors (Lipinski definition) is 1. The van der Waals surface area contributed by atoms with E-state index in [0.29, 0.717) is 0 Å². The van der Waals surface area contributed by atoms with Gasteiger partial charge in [-0.2, -0.15) is 0 Å². The molecule has 1 nitrogen and oxygen atoms in total. The molecular weight excluding hydrogens is 238 g/mol. The number of halogens is 1. The van der Waals surface area contributed by atoms with Gasteiger partial charge in [0, 0.05) is 22.7 Å². The molecule has 2 heteroatoms. The molecule has 1 aromatic rings. The summed E-state index contributed by atoms with van der Waals surface area (Å²) in [6, 6.07) is 9.57. The van der Waals surface area contributed by atoms with Crippen LogP contribution in [0.25, 0.3) is 0 Å². The van der Waals surface area contributed by atoms with Gasteiger partial charge < -0.3 is 4.90 Å². The van der Waals surface area contributed by atoms with Gasteiger partial charge in [-0.05, 0) is 49.4 Å². The largest absolute Gasteiger partial charge is 0.368 e. The molecule has 3 rings (SSSR count). The van der Waals surface area contributed by atoms with Crippen molar-refractivity contribution in [2.45, 2.75) is 25.3 Å². The number of piperidine rings is 1. The monoisotopic (exact) mass is 251 g/mol. The third-order valence-corrected chi connectivity index (χ3v) is 4.10. The fourth-order valence-electron chi connectivity index (χ4n) is 2.87. The molecule has 2 fully saturated rings. The van der Waals surface area contributed by atoms with Gasteiger partial charge >= 0.3 is 0 Å². The lowest BCUT2D eigenvalue weighted by Crippen LogP contribution is -2.31. The number of hydrogen-bond donors (Lipinski definition) is 0. The van der Waals surface area contributed by atoms with Crippen molar-refractivity contribution in [3.8, 4) is 0 Å². The van der Waals surface area contributed by atoms with Crippen LogP contribution in [0.2, 0.25) is 0 Å². The Morgan fingerprint density at radius 2 is 1.93 bits per heavy atom. The van der Waals surface area contributed by atoms with E-state index in [1.807, 2.05) is 0 Å². The smallest absolute Gasteiger partial charge is 0.0369 e. The van der Waals surface area contributed by atoms with E-state index in [4.69, 9.17) is 0 Å². The van der Waals surface area contributed by atoms with Gasteiger partial charge in [0.25, 0.3) is 0 Å². The van der Waals surface area contributed by atoms with E-state index < -0.39 is 0 Å². The Morgan fingerprint density at radius 1 is 1.14 bits per heavy atom. The molecule has 2 bridgehead atoms. The third kappa shape index (κ3) is 1.36. The maximum atomic E-state index is 3.48. The van der Waals surface area contributed by atoms with Gasteiger partial charge in [-0.1, -0.05) is 15.9 Å². The molecule has 2 aliphatic rings. The molecule has 0 spiro atoms. The van der Waals surface area contributed by atoms with Crippen molar-refractivity contribution in [1.29, 1.82) is 0 Å². The average molecular weight is 252 g/mol. The molecule has 2 atom stereocenters. The summed E-state index contributed by atoms with van der Waals surface area (Å²) in [4.78, 5) is 2.58. The third-order valence-electron chi connectivity index (χ3n) is 3.57. The summed E-state index contributed by atoms with van der Waals surface area (Å²) in [5.41, 5.74) is 1.40. The summed E-state index contributed by atoms with van der Waals surface area (Å²) in [5, 5.41) is 0. The van der Waals surface area contributed by atoms with Crippen LogP contribution in [0, 0.1) is 5.92 Å². The maximum Gasteiger partial charge on any atom is 0.0369 e. The first-order chi connectivity index (χ1) is 6.83. The van der Waals surface area contributed by atoms with Crippen LogP contribution >= 0.6 is 15.9 Å². The molecule has 1 saturated heterocycles. The average Bonchev–Trinajstić information content (AvgIpc) is 2.80. The molecule has 1 heterocycles. The zero-order chi connectivity index (χ0) is 9.54. The van der Waals surface area contributed by atoms with Crippen molar-refractivity contribution in [2.24, 2.45) is 5.92 Å². The van der Waals surface area contributed by atoms with Gasteiger partial charge in [0.1, 0.15) is 0 Å². The normalized spacial score (nSPS) is 29.9. The highest BCUT2D eigenvalue weighted by Crippen LogP contribution is 2.40. The Labute approximate surface area is 93.2 Å². The van der Waals surface area contributed by atoms with Crippen molar-refractivity contribution < 1.29 is 0 Å². The minimum absolute atomic E-state index is 0.834. The standard InChI is InChI=1S/C12H14BrN/c13-10-2-5-11(6-3-10)14-8-9-1-4-12(14)7-9/h2-3,5-6,9,12H,1,4,7-8H2/t9-,12+/m0/s1. The topological polar surface area (TPSA) is 3.24 Å². The van der Waals surface area contributed by atoms with Crippen LogP contribution in [0.15, 0.2) is 28.7 Å². The van der Waals surface area contributed by atoms with Crippen LogP contribution in [-0.4, -0.2) is 12.6 Å². The molecule has 0 aromatic heterocycles. The predicted octanol–water partition coefficient (Wildman–Crippen LogP) is 3.44. The number of nitrogens with zero attached hydrogens (tertiary/aromatic N) is 1. The lowest BCUT2D eigenvalue weighted by Gasteiger charge is -2.29. The first-order valence-electron chi connectivity index (χ1n) is 5.35. The van der Waals surface area contributed by atoms with E-state index in [9.17, 15) is 0 Å². The lowest BCUT2D eigenvalue weighted by atomic mass is 10.1. The number of rotatable bonds is 1. The van der Waals surface area contributed by atoms with Crippen LogP contribution in [0.1, 0.15) is 19.3 Å². The van der Waals surface area contributed by atoms with Gasteiger partial charge in [0.05, 0.1) is 0 Å². The van der Waals surface area contributed by atoms with Crippen molar-refractivity contribution in [2.75, 3.05) is 11.4 Å². The summed E-state index contributed by atoms with van der Waals surface area (Å²) in [6.07, 6.45) is 4.29. The minimum Gasteiger partial charge on any atom is -0.368 e. The first kappa shape index (κ1) is 8.78. The van der Waals surface area contributed by atoms with Gasteiger partial charge in [-0.15, -0.1) is 0 Å². The van der Waals surface area contributed by atoms with Crippen LogP contribution in [0.5, 0.6) is 0 Å². The molecule has 74 valence electrons. The second kappa shape index (κ2) is 3.27. The number of fused-ring (bicyclic) bond motifs is 2. The summed E-state index contributed by atoms with van der Waals surface area (Å²) >= 11 is 3.48. The fraction of sp³-hybridized carbons (Fsp3) is 0.500. The second-order valence-corrected chi connectivity index (χ2v) is 5.38. The molecule has 1 saturated carbocycles. The molecule has 0 unspecified atom stereocenters. The van der Waals surface area contributed by atoms with Crippen LogP contribution in [0.3, 0.4) is 0 Å². The lowest BCUT2D eigenvalue weighted by molar-refractivity contribution is 0.553. The van der Waals surface area contributed by atoms with Crippen molar-refractivity contribution in [3.05, 3.63) is 28.7 Å². The molecule has 1 aromatic carbocycles. The van der Waals surface area contributed by atoms with Crippen LogP contribution in [-0.2, 0) is 0 Å². The Morgan fingerprint density at radius 3 is 2.50 bits per heavy atom. The molecule has 1 aliphatic heterocycles. The van der Waals surface area contributed by atoms with E-state index in [1.54, 1.807) is 0 Å². The highest BCUT2D eigenvalue weighted by Gasteiger charge is 2.37. The molecule has 1 aliphatic carbocycles. The Kier molecular flexibility index (Phi) is 2.05. The highest BCUT2D eigenvalue weighted by atomic mass is 79.9. The fourth-order valence-corrected chi connectivity index (χ4v) is 3.14. The van der Waals surface area contributed by atoms with E-state index in [1.165, 1.54) is 36.0 Å². The Hall–Kier alpha value is -0.500. The number of anilines is 1.